The average molecular weight is 190 g/mol. The molecule has 0 aliphatic heterocycles. The summed E-state index contributed by atoms with van der Waals surface area (Å²) in [7, 11) is 1.72. The lowest BCUT2D eigenvalue weighted by atomic mass is 10.4. The van der Waals surface area contributed by atoms with Crippen LogP contribution in [0.15, 0.2) is 0 Å². The Hall–Kier alpha value is -0.650. The number of esters is 1. The van der Waals surface area contributed by atoms with Gasteiger partial charge in [-0.25, -0.2) is 5.43 Å². The highest BCUT2D eigenvalue weighted by Crippen LogP contribution is 1.96. The van der Waals surface area contributed by atoms with E-state index in [2.05, 4.69) is 10.9 Å². The summed E-state index contributed by atoms with van der Waals surface area (Å²) in [6, 6.07) is 0. The highest BCUT2D eigenvalue weighted by Gasteiger charge is 2.12. The predicted octanol–water partition coefficient (Wildman–Crippen LogP) is 0.0262. The Balaban J connectivity index is 3.71. The second-order valence-corrected chi connectivity index (χ2v) is 2.35. The maximum atomic E-state index is 11.0. The van der Waals surface area contributed by atoms with E-state index in [0.717, 1.165) is 0 Å². The van der Waals surface area contributed by atoms with Crippen molar-refractivity contribution < 1.29 is 14.3 Å². The fourth-order valence-corrected chi connectivity index (χ4v) is 0.885. The zero-order valence-electron chi connectivity index (χ0n) is 8.42. The van der Waals surface area contributed by atoms with E-state index in [4.69, 9.17) is 9.47 Å². The van der Waals surface area contributed by atoms with E-state index < -0.39 is 0 Å². The molecule has 2 N–H and O–H groups in total. The first-order valence-electron chi connectivity index (χ1n) is 4.44. The van der Waals surface area contributed by atoms with E-state index in [1.54, 1.807) is 14.0 Å². The summed E-state index contributed by atoms with van der Waals surface area (Å²) in [5.74, 6) is -0.260. The molecule has 13 heavy (non-hydrogen) atoms. The molecule has 0 saturated heterocycles. The van der Waals surface area contributed by atoms with Crippen molar-refractivity contribution >= 4 is 5.97 Å². The molecule has 0 aromatic carbocycles. The minimum absolute atomic E-state index is 0.211. The lowest BCUT2D eigenvalue weighted by Crippen LogP contribution is -2.41. The summed E-state index contributed by atoms with van der Waals surface area (Å²) in [6.45, 7) is 4.60. The second kappa shape index (κ2) is 7.97. The van der Waals surface area contributed by atoms with E-state index in [9.17, 15) is 4.79 Å². The van der Waals surface area contributed by atoms with Gasteiger partial charge in [-0.15, -0.1) is 0 Å². The maximum Gasteiger partial charge on any atom is 0.309 e. The molecule has 0 aromatic rings. The first-order valence-corrected chi connectivity index (χ1v) is 4.44. The van der Waals surface area contributed by atoms with Crippen molar-refractivity contribution in [2.75, 3.05) is 20.3 Å². The van der Waals surface area contributed by atoms with Crippen molar-refractivity contribution in [3.8, 4) is 0 Å². The van der Waals surface area contributed by atoms with Gasteiger partial charge < -0.3 is 9.47 Å². The summed E-state index contributed by atoms with van der Waals surface area (Å²) < 4.78 is 10.0. The fraction of sp³-hybridized carbons (Fsp3) is 0.875. The summed E-state index contributed by atoms with van der Waals surface area (Å²) in [4.78, 5) is 11.0. The summed E-state index contributed by atoms with van der Waals surface area (Å²) in [5, 5.41) is 0. The summed E-state index contributed by atoms with van der Waals surface area (Å²) >= 11 is 0. The molecule has 5 nitrogen and oxygen atoms in total. The average Bonchev–Trinajstić information content (AvgIpc) is 2.05. The van der Waals surface area contributed by atoms with Gasteiger partial charge in [0.2, 0.25) is 0 Å². The van der Waals surface area contributed by atoms with Crippen molar-refractivity contribution in [1.82, 2.24) is 10.9 Å². The molecule has 0 aliphatic carbocycles. The monoisotopic (exact) mass is 190 g/mol. The molecule has 0 rings (SSSR count). The Morgan fingerprint density at radius 1 is 1.38 bits per heavy atom. The van der Waals surface area contributed by atoms with E-state index in [-0.39, 0.29) is 18.6 Å². The number of rotatable bonds is 7. The molecule has 78 valence electrons. The van der Waals surface area contributed by atoms with Crippen LogP contribution in [0.4, 0.5) is 0 Å². The van der Waals surface area contributed by atoms with Crippen LogP contribution in [0.25, 0.3) is 0 Å². The number of carbonyl (C=O) groups excluding carboxylic acids is 1. The minimum Gasteiger partial charge on any atom is -0.466 e. The molecular weight excluding hydrogens is 172 g/mol. The molecule has 0 radical (unpaired) electrons. The van der Waals surface area contributed by atoms with Gasteiger partial charge in [0.05, 0.1) is 13.0 Å². The summed E-state index contributed by atoms with van der Waals surface area (Å²) in [6.07, 6.45) is -0.114. The Morgan fingerprint density at radius 2 is 2.08 bits per heavy atom. The van der Waals surface area contributed by atoms with E-state index >= 15 is 0 Å². The number of nitrogens with one attached hydrogen (secondary N) is 2. The van der Waals surface area contributed by atoms with Crippen LogP contribution >= 0.6 is 0 Å². The van der Waals surface area contributed by atoms with Gasteiger partial charge in [0.1, 0.15) is 6.23 Å². The molecule has 0 aliphatic rings. The third kappa shape index (κ3) is 6.51. The molecule has 5 heteroatoms. The van der Waals surface area contributed by atoms with Gasteiger partial charge in [0.25, 0.3) is 0 Å². The van der Waals surface area contributed by atoms with Crippen LogP contribution in [-0.2, 0) is 14.3 Å². The SMILES string of the molecule is CCOC(=O)CC(NNC)OCC. The Morgan fingerprint density at radius 3 is 2.54 bits per heavy atom. The largest absolute Gasteiger partial charge is 0.466 e. The van der Waals surface area contributed by atoms with Crippen molar-refractivity contribution in [3.05, 3.63) is 0 Å². The van der Waals surface area contributed by atoms with Gasteiger partial charge in [0, 0.05) is 6.61 Å². The van der Waals surface area contributed by atoms with Crippen LogP contribution < -0.4 is 10.9 Å². The maximum absolute atomic E-state index is 11.0. The molecule has 1 unspecified atom stereocenters. The molecule has 0 amide bonds. The number of carbonyl (C=O) groups is 1. The minimum atomic E-state index is -0.325. The van der Waals surface area contributed by atoms with Crippen molar-refractivity contribution in [3.63, 3.8) is 0 Å². The van der Waals surface area contributed by atoms with Crippen LogP contribution in [0.2, 0.25) is 0 Å². The number of hydrogen-bond donors (Lipinski definition) is 2. The van der Waals surface area contributed by atoms with Crippen molar-refractivity contribution in [1.29, 1.82) is 0 Å². The summed E-state index contributed by atoms with van der Waals surface area (Å²) in [5.41, 5.74) is 5.52. The fourth-order valence-electron chi connectivity index (χ4n) is 0.885. The third-order valence-electron chi connectivity index (χ3n) is 1.33. The normalized spacial score (nSPS) is 12.5. The molecule has 0 saturated carbocycles. The molecule has 0 fully saturated rings. The van der Waals surface area contributed by atoms with E-state index in [1.165, 1.54) is 0 Å². The standard InChI is InChI=1S/C8H18N2O3/c1-4-12-7(10-9-3)6-8(11)13-5-2/h7,9-10H,4-6H2,1-3H3. The highest BCUT2D eigenvalue weighted by atomic mass is 16.5. The molecule has 0 heterocycles. The van der Waals surface area contributed by atoms with Gasteiger partial charge in [-0.3, -0.25) is 10.2 Å². The first-order chi connectivity index (χ1) is 6.24. The zero-order valence-corrected chi connectivity index (χ0v) is 8.42. The zero-order chi connectivity index (χ0) is 10.1. The Labute approximate surface area is 78.8 Å². The van der Waals surface area contributed by atoms with Crippen LogP contribution in [-0.4, -0.2) is 32.5 Å². The van der Waals surface area contributed by atoms with Crippen molar-refractivity contribution in [2.24, 2.45) is 0 Å². The molecule has 0 aromatic heterocycles. The molecule has 1 atom stereocenters. The van der Waals surface area contributed by atoms with Gasteiger partial charge in [0.15, 0.2) is 0 Å². The number of ether oxygens (including phenoxy) is 2. The van der Waals surface area contributed by atoms with Crippen LogP contribution in [0.5, 0.6) is 0 Å². The lowest BCUT2D eigenvalue weighted by Gasteiger charge is -2.16. The third-order valence-corrected chi connectivity index (χ3v) is 1.33. The Bertz CT molecular complexity index is 135. The number of hydrogen-bond acceptors (Lipinski definition) is 5. The number of hydrazine groups is 1. The molecular formula is C8H18N2O3. The lowest BCUT2D eigenvalue weighted by molar-refractivity contribution is -0.147. The van der Waals surface area contributed by atoms with E-state index in [1.807, 2.05) is 6.92 Å². The van der Waals surface area contributed by atoms with Crippen LogP contribution in [0.3, 0.4) is 0 Å². The van der Waals surface area contributed by atoms with Gasteiger partial charge in [-0.05, 0) is 20.9 Å². The molecule has 0 spiro atoms. The molecule has 0 bridgehead atoms. The predicted molar refractivity (Wildman–Crippen MR) is 48.9 cm³/mol. The quantitative estimate of drug-likeness (QED) is 0.337. The first kappa shape index (κ1) is 12.3. The van der Waals surface area contributed by atoms with Gasteiger partial charge >= 0.3 is 5.97 Å². The van der Waals surface area contributed by atoms with E-state index in [0.29, 0.717) is 13.2 Å². The highest BCUT2D eigenvalue weighted by molar-refractivity contribution is 5.69. The van der Waals surface area contributed by atoms with Crippen LogP contribution in [0.1, 0.15) is 20.3 Å². The smallest absolute Gasteiger partial charge is 0.309 e. The van der Waals surface area contributed by atoms with Crippen molar-refractivity contribution in [2.45, 2.75) is 26.5 Å². The topological polar surface area (TPSA) is 59.6 Å². The van der Waals surface area contributed by atoms with Gasteiger partial charge in [-0.2, -0.15) is 0 Å². The van der Waals surface area contributed by atoms with Gasteiger partial charge in [-0.1, -0.05) is 0 Å². The van der Waals surface area contributed by atoms with Crippen LogP contribution in [0, 0.1) is 0 Å². The second-order valence-electron chi connectivity index (χ2n) is 2.35. The Kier molecular flexibility index (Phi) is 7.57.